The molecule has 5 heteroatoms. The van der Waals surface area contributed by atoms with E-state index < -0.39 is 0 Å². The number of non-ortho nitro benzene ring substituents is 1. The predicted molar refractivity (Wildman–Crippen MR) is 77.5 cm³/mol. The lowest BCUT2D eigenvalue weighted by molar-refractivity contribution is -0.384. The van der Waals surface area contributed by atoms with Crippen LogP contribution in [-0.2, 0) is 6.42 Å². The molecule has 20 heavy (non-hydrogen) atoms. The van der Waals surface area contributed by atoms with Crippen LogP contribution in [0.2, 0.25) is 0 Å². The Labute approximate surface area is 117 Å². The van der Waals surface area contributed by atoms with Crippen molar-refractivity contribution in [2.24, 2.45) is 0 Å². The van der Waals surface area contributed by atoms with Crippen molar-refractivity contribution in [3.05, 3.63) is 70.0 Å². The topological polar surface area (TPSA) is 68.1 Å². The minimum atomic E-state index is -0.371. The molecule has 104 valence electrons. The van der Waals surface area contributed by atoms with Gasteiger partial charge in [-0.25, -0.2) is 0 Å². The number of rotatable bonds is 6. The van der Waals surface area contributed by atoms with Gasteiger partial charge in [-0.15, -0.1) is 0 Å². The lowest BCUT2D eigenvalue weighted by Gasteiger charge is -2.13. The second-order valence-corrected chi connectivity index (χ2v) is 4.60. The van der Waals surface area contributed by atoms with E-state index in [1.807, 2.05) is 31.2 Å². The predicted octanol–water partition coefficient (Wildman–Crippen LogP) is 2.88. The van der Waals surface area contributed by atoms with Gasteiger partial charge in [0.2, 0.25) is 0 Å². The first-order valence-electron chi connectivity index (χ1n) is 6.54. The fourth-order valence-electron chi connectivity index (χ4n) is 1.99. The van der Waals surface area contributed by atoms with Crippen LogP contribution in [0.5, 0.6) is 0 Å². The highest BCUT2D eigenvalue weighted by Crippen LogP contribution is 2.18. The Balaban J connectivity index is 1.90. The third-order valence-corrected chi connectivity index (χ3v) is 3.14. The summed E-state index contributed by atoms with van der Waals surface area (Å²) >= 11 is 0. The normalized spacial score (nSPS) is 12.1. The zero-order valence-corrected chi connectivity index (χ0v) is 11.3. The Morgan fingerprint density at radius 3 is 2.85 bits per heavy atom. The number of nitrogens with zero attached hydrogens (tertiary/aromatic N) is 2. The maximum Gasteiger partial charge on any atom is 0.269 e. The molecule has 5 nitrogen and oxygen atoms in total. The molecule has 0 fully saturated rings. The molecule has 0 saturated carbocycles. The zero-order chi connectivity index (χ0) is 14.4. The molecule has 0 spiro atoms. The molecule has 0 radical (unpaired) electrons. The molecule has 1 aromatic heterocycles. The minimum Gasteiger partial charge on any atom is -0.310 e. The number of hydrogen-bond acceptors (Lipinski definition) is 4. The minimum absolute atomic E-state index is 0.0682. The SMILES string of the molecule is CC(NCCc1ccccn1)c1cccc([N+](=O)[O-])c1. The van der Waals surface area contributed by atoms with Gasteiger partial charge >= 0.3 is 0 Å². The van der Waals surface area contributed by atoms with Crippen LogP contribution >= 0.6 is 0 Å². The van der Waals surface area contributed by atoms with Crippen molar-refractivity contribution in [1.82, 2.24) is 10.3 Å². The summed E-state index contributed by atoms with van der Waals surface area (Å²) in [6.45, 7) is 2.78. The Hall–Kier alpha value is -2.27. The number of nitro benzene ring substituents is 1. The largest absolute Gasteiger partial charge is 0.310 e. The van der Waals surface area contributed by atoms with Crippen LogP contribution in [0, 0.1) is 10.1 Å². The third kappa shape index (κ3) is 3.86. The third-order valence-electron chi connectivity index (χ3n) is 3.14. The lowest BCUT2D eigenvalue weighted by atomic mass is 10.1. The van der Waals surface area contributed by atoms with E-state index in [0.29, 0.717) is 0 Å². The molecular weight excluding hydrogens is 254 g/mol. The zero-order valence-electron chi connectivity index (χ0n) is 11.3. The van der Waals surface area contributed by atoms with Crippen molar-refractivity contribution in [2.75, 3.05) is 6.54 Å². The Morgan fingerprint density at radius 2 is 2.15 bits per heavy atom. The van der Waals surface area contributed by atoms with Gasteiger partial charge in [0.05, 0.1) is 4.92 Å². The first kappa shape index (κ1) is 14.1. The average molecular weight is 271 g/mol. The van der Waals surface area contributed by atoms with E-state index in [2.05, 4.69) is 10.3 Å². The summed E-state index contributed by atoms with van der Waals surface area (Å²) in [4.78, 5) is 14.6. The van der Waals surface area contributed by atoms with E-state index in [1.165, 1.54) is 6.07 Å². The fraction of sp³-hybridized carbons (Fsp3) is 0.267. The van der Waals surface area contributed by atoms with Gasteiger partial charge in [-0.2, -0.15) is 0 Å². The number of aromatic nitrogens is 1. The first-order chi connectivity index (χ1) is 9.66. The molecule has 0 saturated heterocycles. The number of benzene rings is 1. The molecule has 2 aromatic rings. The van der Waals surface area contributed by atoms with Crippen molar-refractivity contribution >= 4 is 5.69 Å². The number of nitrogens with one attached hydrogen (secondary N) is 1. The number of nitro groups is 1. The summed E-state index contributed by atoms with van der Waals surface area (Å²) in [7, 11) is 0. The lowest BCUT2D eigenvalue weighted by Crippen LogP contribution is -2.21. The summed E-state index contributed by atoms with van der Waals surface area (Å²) in [5, 5.41) is 14.1. The van der Waals surface area contributed by atoms with Gasteiger partial charge in [0, 0.05) is 43.0 Å². The average Bonchev–Trinajstić information content (AvgIpc) is 2.48. The van der Waals surface area contributed by atoms with Crippen molar-refractivity contribution < 1.29 is 4.92 Å². The van der Waals surface area contributed by atoms with Crippen LogP contribution in [0.25, 0.3) is 0 Å². The van der Waals surface area contributed by atoms with Crippen LogP contribution in [0.3, 0.4) is 0 Å². The highest BCUT2D eigenvalue weighted by atomic mass is 16.6. The second kappa shape index (κ2) is 6.77. The van der Waals surface area contributed by atoms with Crippen LogP contribution in [-0.4, -0.2) is 16.5 Å². The van der Waals surface area contributed by atoms with Gasteiger partial charge in [0.15, 0.2) is 0 Å². The van der Waals surface area contributed by atoms with Gasteiger partial charge in [-0.05, 0) is 24.6 Å². The molecule has 0 aliphatic carbocycles. The van der Waals surface area contributed by atoms with Gasteiger partial charge in [0.1, 0.15) is 0 Å². The van der Waals surface area contributed by atoms with Crippen molar-refractivity contribution in [3.8, 4) is 0 Å². The molecule has 1 atom stereocenters. The molecule has 0 aliphatic heterocycles. The van der Waals surface area contributed by atoms with Gasteiger partial charge in [0.25, 0.3) is 5.69 Å². The Morgan fingerprint density at radius 1 is 1.30 bits per heavy atom. The molecule has 2 rings (SSSR count). The summed E-state index contributed by atoms with van der Waals surface area (Å²) in [6, 6.07) is 12.6. The van der Waals surface area contributed by atoms with E-state index in [0.717, 1.165) is 24.2 Å². The van der Waals surface area contributed by atoms with Crippen molar-refractivity contribution in [1.29, 1.82) is 0 Å². The molecule has 1 unspecified atom stereocenters. The van der Waals surface area contributed by atoms with E-state index in [4.69, 9.17) is 0 Å². The highest BCUT2D eigenvalue weighted by Gasteiger charge is 2.10. The summed E-state index contributed by atoms with van der Waals surface area (Å²) < 4.78 is 0. The molecule has 0 amide bonds. The smallest absolute Gasteiger partial charge is 0.269 e. The van der Waals surface area contributed by atoms with Gasteiger partial charge in [-0.3, -0.25) is 15.1 Å². The molecule has 1 aromatic carbocycles. The Bertz CT molecular complexity index is 572. The van der Waals surface area contributed by atoms with Gasteiger partial charge in [-0.1, -0.05) is 18.2 Å². The molecular formula is C15H17N3O2. The van der Waals surface area contributed by atoms with Crippen LogP contribution in [0.4, 0.5) is 5.69 Å². The quantitative estimate of drug-likeness (QED) is 0.648. The summed E-state index contributed by atoms with van der Waals surface area (Å²) in [5.74, 6) is 0. The second-order valence-electron chi connectivity index (χ2n) is 4.60. The number of pyridine rings is 1. The van der Waals surface area contributed by atoms with E-state index in [9.17, 15) is 10.1 Å². The van der Waals surface area contributed by atoms with Crippen molar-refractivity contribution in [3.63, 3.8) is 0 Å². The first-order valence-corrected chi connectivity index (χ1v) is 6.54. The van der Waals surface area contributed by atoms with E-state index in [-0.39, 0.29) is 16.7 Å². The number of hydrogen-bond donors (Lipinski definition) is 1. The molecule has 0 bridgehead atoms. The molecule has 1 heterocycles. The van der Waals surface area contributed by atoms with E-state index in [1.54, 1.807) is 18.3 Å². The summed E-state index contributed by atoms with van der Waals surface area (Å²) in [5.41, 5.74) is 2.08. The van der Waals surface area contributed by atoms with Gasteiger partial charge < -0.3 is 5.32 Å². The van der Waals surface area contributed by atoms with Crippen LogP contribution in [0.15, 0.2) is 48.7 Å². The standard InChI is InChI=1S/C15H17N3O2/c1-12(13-5-4-7-15(11-13)18(19)20)16-10-8-14-6-2-3-9-17-14/h2-7,9,11-12,16H,8,10H2,1H3. The maximum atomic E-state index is 10.8. The molecule has 0 aliphatic rings. The maximum absolute atomic E-state index is 10.8. The van der Waals surface area contributed by atoms with Crippen molar-refractivity contribution in [2.45, 2.75) is 19.4 Å². The highest BCUT2D eigenvalue weighted by molar-refractivity contribution is 5.35. The van der Waals surface area contributed by atoms with Crippen LogP contribution in [0.1, 0.15) is 24.2 Å². The Kier molecular flexibility index (Phi) is 4.79. The fourth-order valence-corrected chi connectivity index (χ4v) is 1.99. The van der Waals surface area contributed by atoms with E-state index >= 15 is 0 Å². The molecule has 1 N–H and O–H groups in total. The van der Waals surface area contributed by atoms with Crippen LogP contribution < -0.4 is 5.32 Å². The summed E-state index contributed by atoms with van der Waals surface area (Å²) in [6.07, 6.45) is 2.61. The monoisotopic (exact) mass is 271 g/mol.